The minimum absolute atomic E-state index is 0.438. The van der Waals surface area contributed by atoms with E-state index in [4.69, 9.17) is 10.7 Å². The first-order valence-corrected chi connectivity index (χ1v) is 7.49. The van der Waals surface area contributed by atoms with Crippen LogP contribution in [0, 0.1) is 20.8 Å². The van der Waals surface area contributed by atoms with Crippen LogP contribution in [0.15, 0.2) is 30.6 Å². The average molecular weight is 296 g/mol. The van der Waals surface area contributed by atoms with Gasteiger partial charge < -0.3 is 5.73 Å². The summed E-state index contributed by atoms with van der Waals surface area (Å²) in [5, 5.41) is 0.989. The van der Waals surface area contributed by atoms with E-state index in [0.29, 0.717) is 11.5 Å². The average Bonchev–Trinajstić information content (AvgIpc) is 2.89. The molecule has 1 aromatic carbocycles. The number of hydrogen-bond donors (Lipinski definition) is 1. The molecule has 5 heteroatoms. The van der Waals surface area contributed by atoms with Gasteiger partial charge in [-0.3, -0.25) is 0 Å². The standard InChI is InChI=1S/C16H16N4S/c1-9-4-5-10(2)12(6-9)13-7-19-16(17)15(20-13)14-8-18-11(3)21-14/h4-8H,1-3H3,(H2,17,19). The van der Waals surface area contributed by atoms with E-state index >= 15 is 0 Å². The van der Waals surface area contributed by atoms with Crippen molar-refractivity contribution in [2.24, 2.45) is 0 Å². The van der Waals surface area contributed by atoms with Gasteiger partial charge in [-0.05, 0) is 32.4 Å². The lowest BCUT2D eigenvalue weighted by molar-refractivity contribution is 1.21. The van der Waals surface area contributed by atoms with Gasteiger partial charge in [-0.2, -0.15) is 0 Å². The summed E-state index contributed by atoms with van der Waals surface area (Å²) in [6, 6.07) is 6.31. The second-order valence-corrected chi connectivity index (χ2v) is 6.29. The van der Waals surface area contributed by atoms with Crippen LogP contribution in [0.1, 0.15) is 16.1 Å². The molecule has 2 N–H and O–H groups in total. The molecule has 4 nitrogen and oxygen atoms in total. The van der Waals surface area contributed by atoms with Crippen molar-refractivity contribution in [3.63, 3.8) is 0 Å². The second kappa shape index (κ2) is 5.26. The molecule has 106 valence electrons. The summed E-state index contributed by atoms with van der Waals surface area (Å²) in [5.74, 6) is 0.438. The molecule has 2 heterocycles. The lowest BCUT2D eigenvalue weighted by Crippen LogP contribution is -1.98. The molecule has 0 saturated carbocycles. The van der Waals surface area contributed by atoms with Crippen molar-refractivity contribution < 1.29 is 0 Å². The van der Waals surface area contributed by atoms with E-state index in [9.17, 15) is 0 Å². The largest absolute Gasteiger partial charge is 0.382 e. The maximum atomic E-state index is 5.98. The Morgan fingerprint density at radius 3 is 2.57 bits per heavy atom. The molecule has 2 aromatic heterocycles. The van der Waals surface area contributed by atoms with Gasteiger partial charge in [0.15, 0.2) is 5.82 Å². The summed E-state index contributed by atoms with van der Waals surface area (Å²) < 4.78 is 0. The second-order valence-electron chi connectivity index (χ2n) is 5.05. The fraction of sp³-hybridized carbons (Fsp3) is 0.188. The minimum atomic E-state index is 0.438. The maximum Gasteiger partial charge on any atom is 0.150 e. The van der Waals surface area contributed by atoms with Crippen molar-refractivity contribution in [2.75, 3.05) is 5.73 Å². The monoisotopic (exact) mass is 296 g/mol. The summed E-state index contributed by atoms with van der Waals surface area (Å²) in [6.45, 7) is 6.11. The van der Waals surface area contributed by atoms with Crippen molar-refractivity contribution in [1.82, 2.24) is 15.0 Å². The highest BCUT2D eigenvalue weighted by Crippen LogP contribution is 2.31. The van der Waals surface area contributed by atoms with E-state index in [2.05, 4.69) is 42.0 Å². The first-order valence-electron chi connectivity index (χ1n) is 6.67. The highest BCUT2D eigenvalue weighted by molar-refractivity contribution is 7.15. The Morgan fingerprint density at radius 2 is 1.86 bits per heavy atom. The zero-order valence-electron chi connectivity index (χ0n) is 12.2. The van der Waals surface area contributed by atoms with Gasteiger partial charge in [-0.25, -0.2) is 15.0 Å². The molecular formula is C16H16N4S. The van der Waals surface area contributed by atoms with E-state index in [-0.39, 0.29) is 0 Å². The van der Waals surface area contributed by atoms with E-state index in [0.717, 1.165) is 21.1 Å². The Labute approximate surface area is 127 Å². The molecule has 3 rings (SSSR count). The van der Waals surface area contributed by atoms with Gasteiger partial charge in [0, 0.05) is 11.8 Å². The van der Waals surface area contributed by atoms with Crippen LogP contribution in [0.2, 0.25) is 0 Å². The zero-order valence-corrected chi connectivity index (χ0v) is 13.0. The SMILES string of the molecule is Cc1ccc(C)c(-c2cnc(N)c(-c3cnc(C)s3)n2)c1. The topological polar surface area (TPSA) is 64.7 Å². The Bertz CT molecular complexity index is 808. The Balaban J connectivity index is 2.15. The van der Waals surface area contributed by atoms with Crippen LogP contribution in [0.25, 0.3) is 21.8 Å². The fourth-order valence-corrected chi connectivity index (χ4v) is 2.97. The summed E-state index contributed by atoms with van der Waals surface area (Å²) >= 11 is 1.57. The smallest absolute Gasteiger partial charge is 0.150 e. The number of anilines is 1. The van der Waals surface area contributed by atoms with Gasteiger partial charge in [0.05, 0.1) is 21.8 Å². The van der Waals surface area contributed by atoms with Crippen molar-refractivity contribution in [3.8, 4) is 21.8 Å². The number of rotatable bonds is 2. The molecule has 0 unspecified atom stereocenters. The first-order chi connectivity index (χ1) is 10.0. The third-order valence-corrected chi connectivity index (χ3v) is 4.24. The van der Waals surface area contributed by atoms with E-state index in [1.54, 1.807) is 23.7 Å². The molecule has 3 aromatic rings. The highest BCUT2D eigenvalue weighted by atomic mass is 32.1. The maximum absolute atomic E-state index is 5.98. The molecule has 0 fully saturated rings. The molecule has 0 atom stereocenters. The number of nitrogens with zero attached hydrogens (tertiary/aromatic N) is 3. The molecule has 0 saturated heterocycles. The van der Waals surface area contributed by atoms with Crippen LogP contribution in [-0.4, -0.2) is 15.0 Å². The molecule has 0 aliphatic heterocycles. The van der Waals surface area contributed by atoms with Crippen molar-refractivity contribution in [1.29, 1.82) is 0 Å². The van der Waals surface area contributed by atoms with Crippen molar-refractivity contribution in [2.45, 2.75) is 20.8 Å². The van der Waals surface area contributed by atoms with Crippen LogP contribution in [0.5, 0.6) is 0 Å². The van der Waals surface area contributed by atoms with Gasteiger partial charge in [0.2, 0.25) is 0 Å². The predicted octanol–water partition coefficient (Wildman–Crippen LogP) is 3.77. The number of nitrogens with two attached hydrogens (primary N) is 1. The van der Waals surface area contributed by atoms with Gasteiger partial charge in [-0.1, -0.05) is 17.7 Å². The van der Waals surface area contributed by atoms with Crippen LogP contribution in [-0.2, 0) is 0 Å². The number of nitrogen functional groups attached to an aromatic ring is 1. The van der Waals surface area contributed by atoms with Gasteiger partial charge in [0.1, 0.15) is 5.69 Å². The molecular weight excluding hydrogens is 280 g/mol. The minimum Gasteiger partial charge on any atom is -0.382 e. The highest BCUT2D eigenvalue weighted by Gasteiger charge is 2.12. The Morgan fingerprint density at radius 1 is 1.05 bits per heavy atom. The van der Waals surface area contributed by atoms with E-state index < -0.39 is 0 Å². The van der Waals surface area contributed by atoms with Crippen molar-refractivity contribution >= 4 is 17.2 Å². The summed E-state index contributed by atoms with van der Waals surface area (Å²) in [4.78, 5) is 14.2. The normalized spacial score (nSPS) is 10.8. The number of aromatic nitrogens is 3. The number of aryl methyl sites for hydroxylation is 3. The Hall–Kier alpha value is -2.27. The quantitative estimate of drug-likeness (QED) is 0.781. The van der Waals surface area contributed by atoms with Gasteiger partial charge in [-0.15, -0.1) is 11.3 Å². The fourth-order valence-electron chi connectivity index (χ4n) is 2.19. The van der Waals surface area contributed by atoms with Crippen LogP contribution in [0.3, 0.4) is 0 Å². The first kappa shape index (κ1) is 13.7. The lowest BCUT2D eigenvalue weighted by Gasteiger charge is -2.09. The van der Waals surface area contributed by atoms with E-state index in [1.807, 2.05) is 6.92 Å². The number of thiazole rings is 1. The predicted molar refractivity (Wildman–Crippen MR) is 87.2 cm³/mol. The molecule has 21 heavy (non-hydrogen) atoms. The summed E-state index contributed by atoms with van der Waals surface area (Å²) in [7, 11) is 0. The van der Waals surface area contributed by atoms with E-state index in [1.165, 1.54) is 11.1 Å². The molecule has 0 spiro atoms. The molecule has 0 aliphatic rings. The Kier molecular flexibility index (Phi) is 3.43. The summed E-state index contributed by atoms with van der Waals surface area (Å²) in [5.41, 5.74) is 11.0. The third-order valence-electron chi connectivity index (χ3n) is 3.32. The molecule has 0 amide bonds. The number of benzene rings is 1. The van der Waals surface area contributed by atoms with Gasteiger partial charge in [0.25, 0.3) is 0 Å². The van der Waals surface area contributed by atoms with Crippen LogP contribution in [0.4, 0.5) is 5.82 Å². The molecule has 0 aliphatic carbocycles. The van der Waals surface area contributed by atoms with Gasteiger partial charge >= 0.3 is 0 Å². The third kappa shape index (κ3) is 2.64. The lowest BCUT2D eigenvalue weighted by atomic mass is 10.0. The van der Waals surface area contributed by atoms with Crippen LogP contribution < -0.4 is 5.73 Å². The zero-order chi connectivity index (χ0) is 15.0. The van der Waals surface area contributed by atoms with Crippen molar-refractivity contribution in [3.05, 3.63) is 46.7 Å². The summed E-state index contributed by atoms with van der Waals surface area (Å²) in [6.07, 6.45) is 3.53. The molecule has 0 bridgehead atoms. The van der Waals surface area contributed by atoms with Crippen LogP contribution >= 0.6 is 11.3 Å². The number of hydrogen-bond acceptors (Lipinski definition) is 5. The molecule has 0 radical (unpaired) electrons.